The van der Waals surface area contributed by atoms with Crippen molar-refractivity contribution >= 4 is 23.1 Å². The molecule has 2 N–H and O–H groups in total. The van der Waals surface area contributed by atoms with Gasteiger partial charge in [-0.2, -0.15) is 13.2 Å². The molecule has 1 aliphatic carbocycles. The third-order valence-corrected chi connectivity index (χ3v) is 4.30. The molecule has 1 saturated carbocycles. The zero-order valence-electron chi connectivity index (χ0n) is 11.9. The molecule has 3 nitrogen and oxygen atoms in total. The number of benzene rings is 1. The van der Waals surface area contributed by atoms with Crippen molar-refractivity contribution in [3.63, 3.8) is 0 Å². The van der Waals surface area contributed by atoms with E-state index in [2.05, 4.69) is 10.5 Å². The van der Waals surface area contributed by atoms with Gasteiger partial charge in [-0.1, -0.05) is 16.8 Å². The fourth-order valence-electron chi connectivity index (χ4n) is 2.78. The summed E-state index contributed by atoms with van der Waals surface area (Å²) in [5, 5.41) is 15.9. The maximum atomic E-state index is 12.6. The van der Waals surface area contributed by atoms with Crippen molar-refractivity contribution in [2.75, 3.05) is 5.32 Å². The van der Waals surface area contributed by atoms with Crippen LogP contribution in [-0.4, -0.2) is 17.2 Å². The van der Waals surface area contributed by atoms with Gasteiger partial charge in [-0.3, -0.25) is 0 Å². The van der Waals surface area contributed by atoms with E-state index < -0.39 is 12.1 Å². The van der Waals surface area contributed by atoms with Gasteiger partial charge in [-0.25, -0.2) is 0 Å². The molecule has 0 unspecified atom stereocenters. The lowest BCUT2D eigenvalue weighted by Crippen LogP contribution is -2.29. The molecule has 0 atom stereocenters. The number of nitrogens with one attached hydrogen (secondary N) is 1. The van der Waals surface area contributed by atoms with Crippen molar-refractivity contribution in [2.45, 2.75) is 38.3 Å². The molecule has 1 aromatic rings. The van der Waals surface area contributed by atoms with Gasteiger partial charge in [0.05, 0.1) is 5.92 Å². The van der Waals surface area contributed by atoms with Crippen LogP contribution in [0.1, 0.15) is 32.1 Å². The predicted molar refractivity (Wildman–Crippen MR) is 80.4 cm³/mol. The first-order chi connectivity index (χ1) is 10.4. The van der Waals surface area contributed by atoms with Gasteiger partial charge in [-0.15, -0.1) is 0 Å². The molecular formula is C15H18ClF3N2O. The summed E-state index contributed by atoms with van der Waals surface area (Å²) in [4.78, 5) is 0. The Morgan fingerprint density at radius 1 is 1.18 bits per heavy atom. The maximum absolute atomic E-state index is 12.6. The summed E-state index contributed by atoms with van der Waals surface area (Å²) in [5.74, 6) is -0.732. The number of nitrogens with zero attached hydrogens (tertiary/aromatic N) is 1. The Hall–Kier alpha value is -1.43. The minimum absolute atomic E-state index is 0.101. The minimum Gasteiger partial charge on any atom is -0.409 e. The third-order valence-electron chi connectivity index (χ3n) is 4.05. The van der Waals surface area contributed by atoms with E-state index in [9.17, 15) is 13.2 Å². The van der Waals surface area contributed by atoms with Crippen LogP contribution in [-0.2, 0) is 0 Å². The zero-order valence-corrected chi connectivity index (χ0v) is 12.7. The molecule has 122 valence electrons. The van der Waals surface area contributed by atoms with E-state index in [1.807, 2.05) is 0 Å². The van der Waals surface area contributed by atoms with Crippen LogP contribution in [0.4, 0.5) is 18.9 Å². The molecular weight excluding hydrogens is 317 g/mol. The van der Waals surface area contributed by atoms with E-state index in [0.29, 0.717) is 30.1 Å². The number of halogens is 4. The molecule has 22 heavy (non-hydrogen) atoms. The van der Waals surface area contributed by atoms with E-state index in [4.69, 9.17) is 16.8 Å². The van der Waals surface area contributed by atoms with Crippen LogP contribution in [0.3, 0.4) is 0 Å². The lowest BCUT2D eigenvalue weighted by Gasteiger charge is -2.29. The van der Waals surface area contributed by atoms with Crippen molar-refractivity contribution in [3.05, 3.63) is 29.3 Å². The fraction of sp³-hybridized carbons (Fsp3) is 0.533. The van der Waals surface area contributed by atoms with Crippen molar-refractivity contribution in [1.82, 2.24) is 0 Å². The summed E-state index contributed by atoms with van der Waals surface area (Å²) in [5.41, 5.74) is 0.723. The Kier molecular flexibility index (Phi) is 5.56. The molecule has 2 rings (SSSR count). The molecule has 1 aliphatic rings. The topological polar surface area (TPSA) is 44.6 Å². The third kappa shape index (κ3) is 4.80. The van der Waals surface area contributed by atoms with Gasteiger partial charge < -0.3 is 10.5 Å². The van der Waals surface area contributed by atoms with Crippen LogP contribution < -0.4 is 5.32 Å². The number of oxime groups is 1. The van der Waals surface area contributed by atoms with Gasteiger partial charge in [-0.05, 0) is 55.9 Å². The number of anilines is 1. The number of alkyl halides is 3. The normalized spacial score (nSPS) is 23.4. The second kappa shape index (κ2) is 7.22. The Labute approximate surface area is 132 Å². The van der Waals surface area contributed by atoms with Gasteiger partial charge in [0.15, 0.2) is 0 Å². The number of rotatable bonds is 3. The molecule has 0 aromatic heterocycles. The van der Waals surface area contributed by atoms with Crippen molar-refractivity contribution < 1.29 is 18.4 Å². The fourth-order valence-corrected chi connectivity index (χ4v) is 2.91. The number of hydrogen-bond acceptors (Lipinski definition) is 2. The van der Waals surface area contributed by atoms with Crippen LogP contribution in [0.15, 0.2) is 29.4 Å². The summed E-state index contributed by atoms with van der Waals surface area (Å²) in [6.45, 7) is 0. The maximum Gasteiger partial charge on any atom is 0.391 e. The van der Waals surface area contributed by atoms with Gasteiger partial charge in [0.2, 0.25) is 0 Å². The molecule has 1 aromatic carbocycles. The highest BCUT2D eigenvalue weighted by Crippen LogP contribution is 2.40. The van der Waals surface area contributed by atoms with Crippen LogP contribution in [0.25, 0.3) is 0 Å². The molecule has 0 bridgehead atoms. The molecule has 0 aliphatic heterocycles. The summed E-state index contributed by atoms with van der Waals surface area (Å²) in [6, 6.07) is 6.89. The molecule has 0 saturated heterocycles. The average Bonchev–Trinajstić information content (AvgIpc) is 2.48. The molecule has 1 fully saturated rings. The van der Waals surface area contributed by atoms with E-state index in [1.54, 1.807) is 24.3 Å². The Morgan fingerprint density at radius 2 is 1.77 bits per heavy atom. The van der Waals surface area contributed by atoms with Crippen molar-refractivity contribution in [3.8, 4) is 0 Å². The Morgan fingerprint density at radius 3 is 2.27 bits per heavy atom. The molecule has 7 heteroatoms. The highest BCUT2D eigenvalue weighted by atomic mass is 35.5. The smallest absolute Gasteiger partial charge is 0.391 e. The summed E-state index contributed by atoms with van der Waals surface area (Å²) < 4.78 is 37.9. The lowest BCUT2D eigenvalue weighted by molar-refractivity contribution is -0.183. The first-order valence-electron chi connectivity index (χ1n) is 7.18. The Bertz CT molecular complexity index is 509. The first-order valence-corrected chi connectivity index (χ1v) is 7.56. The molecule has 0 spiro atoms. The minimum atomic E-state index is -4.10. The van der Waals surface area contributed by atoms with Gasteiger partial charge in [0.1, 0.15) is 5.84 Å². The van der Waals surface area contributed by atoms with Crippen LogP contribution in [0.5, 0.6) is 0 Å². The summed E-state index contributed by atoms with van der Waals surface area (Å²) in [6.07, 6.45) is -2.39. The van der Waals surface area contributed by atoms with E-state index in [1.165, 1.54) is 0 Å². The van der Waals surface area contributed by atoms with Gasteiger partial charge in [0, 0.05) is 17.1 Å². The largest absolute Gasteiger partial charge is 0.409 e. The van der Waals surface area contributed by atoms with Crippen LogP contribution in [0, 0.1) is 11.8 Å². The number of hydrogen-bond donors (Lipinski definition) is 2. The van der Waals surface area contributed by atoms with Crippen molar-refractivity contribution in [2.24, 2.45) is 17.0 Å². The second-order valence-electron chi connectivity index (χ2n) is 5.64. The summed E-state index contributed by atoms with van der Waals surface area (Å²) in [7, 11) is 0. The lowest BCUT2D eigenvalue weighted by atomic mass is 9.80. The highest BCUT2D eigenvalue weighted by Gasteiger charge is 2.41. The predicted octanol–water partition coefficient (Wildman–Crippen LogP) is 5.30. The number of amidine groups is 1. The van der Waals surface area contributed by atoms with Crippen molar-refractivity contribution in [1.29, 1.82) is 0 Å². The quantitative estimate of drug-likeness (QED) is 0.341. The highest BCUT2D eigenvalue weighted by molar-refractivity contribution is 6.30. The Balaban J connectivity index is 1.86. The van der Waals surface area contributed by atoms with E-state index in [0.717, 1.165) is 5.69 Å². The van der Waals surface area contributed by atoms with E-state index >= 15 is 0 Å². The average molecular weight is 335 g/mol. The van der Waals surface area contributed by atoms with Crippen LogP contribution >= 0.6 is 11.6 Å². The molecule has 0 radical (unpaired) electrons. The summed E-state index contributed by atoms with van der Waals surface area (Å²) >= 11 is 5.79. The standard InChI is InChI=1S/C15H18ClF3N2O/c16-12-5-7-13(8-6-12)20-14(21-22)9-10-1-3-11(4-2-10)15(17,18)19/h5-8,10-11,22H,1-4,9H2,(H,20,21)/t10-,11+. The monoisotopic (exact) mass is 334 g/mol. The second-order valence-corrected chi connectivity index (χ2v) is 6.08. The van der Waals surface area contributed by atoms with Crippen LogP contribution in [0.2, 0.25) is 5.02 Å². The van der Waals surface area contributed by atoms with E-state index in [-0.39, 0.29) is 18.8 Å². The molecule has 0 heterocycles. The zero-order chi connectivity index (χ0) is 16.2. The first kappa shape index (κ1) is 16.9. The SMILES string of the molecule is O/N=C(/C[C@H]1CC[C@@H](C(F)(F)F)CC1)Nc1ccc(Cl)cc1. The van der Waals surface area contributed by atoms with Gasteiger partial charge >= 0.3 is 6.18 Å². The molecule has 0 amide bonds. The van der Waals surface area contributed by atoms with Gasteiger partial charge in [0.25, 0.3) is 0 Å².